The zero-order valence-corrected chi connectivity index (χ0v) is 16.1. The Morgan fingerprint density at radius 3 is 2.44 bits per heavy atom. The smallest absolute Gasteiger partial charge is 0.180 e. The first kappa shape index (κ1) is 18.6. The monoisotopic (exact) mass is 364 g/mol. The van der Waals surface area contributed by atoms with E-state index in [0.717, 1.165) is 34.3 Å². The first-order chi connectivity index (χ1) is 13.1. The Balaban J connectivity index is 1.72. The summed E-state index contributed by atoms with van der Waals surface area (Å²) in [5.74, 6) is 2.84. The van der Waals surface area contributed by atoms with Crippen molar-refractivity contribution < 1.29 is 9.47 Å². The van der Waals surface area contributed by atoms with E-state index in [2.05, 4.69) is 20.3 Å². The van der Waals surface area contributed by atoms with Gasteiger partial charge < -0.3 is 14.8 Å². The Bertz CT molecular complexity index is 900. The number of ether oxygens (including phenoxy) is 2. The second-order valence-electron chi connectivity index (χ2n) is 6.28. The third kappa shape index (κ3) is 4.53. The molecule has 6 heteroatoms. The number of para-hydroxylation sites is 2. The molecule has 0 spiro atoms. The van der Waals surface area contributed by atoms with Crippen LogP contribution in [-0.2, 0) is 0 Å². The fourth-order valence-electron chi connectivity index (χ4n) is 2.63. The fourth-order valence-corrected chi connectivity index (χ4v) is 2.63. The van der Waals surface area contributed by atoms with E-state index in [1.807, 2.05) is 63.2 Å². The van der Waals surface area contributed by atoms with E-state index >= 15 is 0 Å². The summed E-state index contributed by atoms with van der Waals surface area (Å²) < 4.78 is 11.3. The molecule has 0 aliphatic carbocycles. The molecule has 6 nitrogen and oxygen atoms in total. The minimum atomic E-state index is -0.0747. The van der Waals surface area contributed by atoms with Crippen LogP contribution < -0.4 is 14.8 Å². The molecule has 3 rings (SSSR count). The van der Waals surface area contributed by atoms with Crippen molar-refractivity contribution >= 4 is 5.82 Å². The number of hydrogen-bond acceptors (Lipinski definition) is 6. The summed E-state index contributed by atoms with van der Waals surface area (Å²) in [5, 5.41) is 3.38. The van der Waals surface area contributed by atoms with Gasteiger partial charge in [0.25, 0.3) is 0 Å². The standard InChI is InChI=1S/C21H24N4O2/c1-14(27-19-11-6-5-10-18(19)26-4)13-23-20-15(2)16(3)24-21(25-20)17-9-7-8-12-22-17/h5-12,14H,13H2,1-4H3,(H,23,24,25). The fraction of sp³-hybridized carbons (Fsp3) is 0.286. The SMILES string of the molecule is COc1ccccc1OC(C)CNc1nc(-c2ccccn2)nc(C)c1C. The number of methoxy groups -OCH3 is 1. The van der Waals surface area contributed by atoms with Gasteiger partial charge in [0.2, 0.25) is 0 Å². The van der Waals surface area contributed by atoms with Gasteiger partial charge in [0.15, 0.2) is 17.3 Å². The molecule has 0 saturated heterocycles. The lowest BCUT2D eigenvalue weighted by atomic mass is 10.2. The zero-order valence-electron chi connectivity index (χ0n) is 16.1. The Kier molecular flexibility index (Phi) is 5.86. The Hall–Kier alpha value is -3.15. The van der Waals surface area contributed by atoms with Crippen LogP contribution in [-0.4, -0.2) is 34.7 Å². The van der Waals surface area contributed by atoms with Gasteiger partial charge in [-0.2, -0.15) is 0 Å². The average Bonchev–Trinajstić information content (AvgIpc) is 2.70. The van der Waals surface area contributed by atoms with E-state index in [1.165, 1.54) is 0 Å². The molecule has 27 heavy (non-hydrogen) atoms. The Morgan fingerprint density at radius 2 is 1.74 bits per heavy atom. The van der Waals surface area contributed by atoms with Crippen LogP contribution in [0.25, 0.3) is 11.5 Å². The lowest BCUT2D eigenvalue weighted by Gasteiger charge is -2.19. The molecule has 1 unspecified atom stereocenters. The van der Waals surface area contributed by atoms with Crippen LogP contribution in [0.5, 0.6) is 11.5 Å². The van der Waals surface area contributed by atoms with E-state index in [9.17, 15) is 0 Å². The zero-order chi connectivity index (χ0) is 19.2. The molecule has 0 aliphatic rings. The third-order valence-corrected chi connectivity index (χ3v) is 4.24. The van der Waals surface area contributed by atoms with E-state index < -0.39 is 0 Å². The van der Waals surface area contributed by atoms with Crippen LogP contribution in [0.3, 0.4) is 0 Å². The molecule has 3 aromatic rings. The van der Waals surface area contributed by atoms with Gasteiger partial charge in [-0.15, -0.1) is 0 Å². The molecule has 140 valence electrons. The highest BCUT2D eigenvalue weighted by Gasteiger charge is 2.13. The summed E-state index contributed by atoms with van der Waals surface area (Å²) in [6.45, 7) is 6.58. The van der Waals surface area contributed by atoms with Crippen LogP contribution >= 0.6 is 0 Å². The molecule has 0 saturated carbocycles. The topological polar surface area (TPSA) is 69.2 Å². The highest BCUT2D eigenvalue weighted by molar-refractivity contribution is 5.56. The summed E-state index contributed by atoms with van der Waals surface area (Å²) >= 11 is 0. The number of nitrogens with one attached hydrogen (secondary N) is 1. The molecule has 2 heterocycles. The first-order valence-electron chi connectivity index (χ1n) is 8.88. The molecule has 1 aromatic carbocycles. The number of anilines is 1. The van der Waals surface area contributed by atoms with Crippen molar-refractivity contribution in [3.8, 4) is 23.0 Å². The second kappa shape index (κ2) is 8.49. The molecule has 1 atom stereocenters. The van der Waals surface area contributed by atoms with Gasteiger partial charge in [0, 0.05) is 17.5 Å². The van der Waals surface area contributed by atoms with Crippen LogP contribution in [0.4, 0.5) is 5.82 Å². The van der Waals surface area contributed by atoms with E-state index in [4.69, 9.17) is 9.47 Å². The predicted molar refractivity (Wildman–Crippen MR) is 106 cm³/mol. The highest BCUT2D eigenvalue weighted by atomic mass is 16.5. The van der Waals surface area contributed by atoms with Gasteiger partial charge >= 0.3 is 0 Å². The van der Waals surface area contributed by atoms with Gasteiger partial charge in [-0.05, 0) is 45.0 Å². The Labute approximate surface area is 159 Å². The van der Waals surface area contributed by atoms with Gasteiger partial charge in [-0.1, -0.05) is 18.2 Å². The van der Waals surface area contributed by atoms with Crippen molar-refractivity contribution in [2.45, 2.75) is 26.9 Å². The molecule has 1 N–H and O–H groups in total. The van der Waals surface area contributed by atoms with Gasteiger partial charge in [0.05, 0.1) is 13.7 Å². The maximum absolute atomic E-state index is 6.00. The van der Waals surface area contributed by atoms with E-state index in [0.29, 0.717) is 12.4 Å². The molecular weight excluding hydrogens is 340 g/mol. The van der Waals surface area contributed by atoms with Crippen molar-refractivity contribution in [1.29, 1.82) is 0 Å². The molecule has 0 radical (unpaired) electrons. The van der Waals surface area contributed by atoms with Gasteiger partial charge in [0.1, 0.15) is 17.6 Å². The summed E-state index contributed by atoms with van der Waals surface area (Å²) in [5.41, 5.74) is 2.69. The summed E-state index contributed by atoms with van der Waals surface area (Å²) in [6.07, 6.45) is 1.67. The number of aryl methyl sites for hydroxylation is 1. The number of aromatic nitrogens is 3. The first-order valence-corrected chi connectivity index (χ1v) is 8.88. The molecular formula is C21H24N4O2. The summed E-state index contributed by atoms with van der Waals surface area (Å²) in [4.78, 5) is 13.6. The number of pyridine rings is 1. The van der Waals surface area contributed by atoms with E-state index in [-0.39, 0.29) is 6.10 Å². The van der Waals surface area contributed by atoms with Crippen LogP contribution in [0, 0.1) is 13.8 Å². The van der Waals surface area contributed by atoms with Crippen molar-refractivity contribution in [2.24, 2.45) is 0 Å². The lowest BCUT2D eigenvalue weighted by Crippen LogP contribution is -2.24. The molecule has 0 aliphatic heterocycles. The molecule has 0 amide bonds. The second-order valence-corrected chi connectivity index (χ2v) is 6.28. The van der Waals surface area contributed by atoms with Crippen LogP contribution in [0.15, 0.2) is 48.7 Å². The molecule has 2 aromatic heterocycles. The minimum Gasteiger partial charge on any atom is -0.493 e. The van der Waals surface area contributed by atoms with E-state index in [1.54, 1.807) is 13.3 Å². The quantitative estimate of drug-likeness (QED) is 0.682. The molecule has 0 fully saturated rings. The van der Waals surface area contributed by atoms with Crippen molar-refractivity contribution in [1.82, 2.24) is 15.0 Å². The average molecular weight is 364 g/mol. The number of hydrogen-bond donors (Lipinski definition) is 1. The lowest BCUT2D eigenvalue weighted by molar-refractivity contribution is 0.223. The number of benzene rings is 1. The normalized spacial score (nSPS) is 11.7. The number of nitrogens with zero attached hydrogens (tertiary/aromatic N) is 3. The van der Waals surface area contributed by atoms with Crippen molar-refractivity contribution in [3.05, 3.63) is 59.9 Å². The maximum atomic E-state index is 6.00. The summed E-state index contributed by atoms with van der Waals surface area (Å²) in [7, 11) is 1.64. The maximum Gasteiger partial charge on any atom is 0.180 e. The van der Waals surface area contributed by atoms with Crippen LogP contribution in [0.2, 0.25) is 0 Å². The largest absolute Gasteiger partial charge is 0.493 e. The Morgan fingerprint density at radius 1 is 1.00 bits per heavy atom. The highest BCUT2D eigenvalue weighted by Crippen LogP contribution is 2.27. The van der Waals surface area contributed by atoms with Crippen LogP contribution in [0.1, 0.15) is 18.2 Å². The van der Waals surface area contributed by atoms with Crippen molar-refractivity contribution in [2.75, 3.05) is 19.0 Å². The van der Waals surface area contributed by atoms with Crippen molar-refractivity contribution in [3.63, 3.8) is 0 Å². The summed E-state index contributed by atoms with van der Waals surface area (Å²) in [6, 6.07) is 13.3. The minimum absolute atomic E-state index is 0.0747. The third-order valence-electron chi connectivity index (χ3n) is 4.24. The molecule has 0 bridgehead atoms. The number of rotatable bonds is 7. The van der Waals surface area contributed by atoms with Gasteiger partial charge in [-0.3, -0.25) is 4.98 Å². The predicted octanol–water partition coefficient (Wildman–Crippen LogP) is 4.04. The van der Waals surface area contributed by atoms with Gasteiger partial charge in [-0.25, -0.2) is 9.97 Å².